The second-order valence-electron chi connectivity index (χ2n) is 4.23. The quantitative estimate of drug-likeness (QED) is 0.776. The Balaban J connectivity index is 2.07. The number of aromatic amines is 1. The van der Waals surface area contributed by atoms with E-state index in [2.05, 4.69) is 15.0 Å². The van der Waals surface area contributed by atoms with Gasteiger partial charge < -0.3 is 10.1 Å². The lowest BCUT2D eigenvalue weighted by atomic mass is 10.1. The van der Waals surface area contributed by atoms with Crippen molar-refractivity contribution >= 4 is 22.9 Å². The highest BCUT2D eigenvalue weighted by atomic mass is 35.5. The van der Waals surface area contributed by atoms with Crippen LogP contribution in [0.1, 0.15) is 5.69 Å². The molecule has 3 rings (SSSR count). The Hall–Kier alpha value is -1.69. The van der Waals surface area contributed by atoms with Crippen LogP contribution in [0.4, 0.5) is 0 Å². The number of aliphatic hydroxyl groups is 1. The van der Waals surface area contributed by atoms with Crippen molar-refractivity contribution in [3.63, 3.8) is 0 Å². The van der Waals surface area contributed by atoms with Crippen LogP contribution in [0.5, 0.6) is 0 Å². The minimum atomic E-state index is 0.0695. The van der Waals surface area contributed by atoms with Gasteiger partial charge in [-0.15, -0.1) is 11.3 Å². The second-order valence-corrected chi connectivity index (χ2v) is 5.95. The van der Waals surface area contributed by atoms with Crippen molar-refractivity contribution in [3.8, 4) is 22.0 Å². The zero-order valence-electron chi connectivity index (χ0n) is 10.5. The summed E-state index contributed by atoms with van der Waals surface area (Å²) in [5.74, 6) is 0.768. The van der Waals surface area contributed by atoms with Crippen LogP contribution >= 0.6 is 22.9 Å². The Morgan fingerprint density at radius 3 is 2.85 bits per heavy atom. The number of H-pyrrole nitrogens is 1. The molecule has 0 unspecified atom stereocenters. The van der Waals surface area contributed by atoms with Crippen LogP contribution in [0.2, 0.25) is 4.34 Å². The molecule has 0 spiro atoms. The highest BCUT2D eigenvalue weighted by Crippen LogP contribution is 2.32. The van der Waals surface area contributed by atoms with E-state index in [4.69, 9.17) is 11.6 Å². The van der Waals surface area contributed by atoms with Gasteiger partial charge in [0.25, 0.3) is 0 Å². The summed E-state index contributed by atoms with van der Waals surface area (Å²) in [7, 11) is 0. The molecule has 0 aliphatic heterocycles. The summed E-state index contributed by atoms with van der Waals surface area (Å²) >= 11 is 7.43. The van der Waals surface area contributed by atoms with Gasteiger partial charge in [-0.25, -0.2) is 4.98 Å². The number of aromatic nitrogens is 3. The number of imidazole rings is 1. The topological polar surface area (TPSA) is 61.8 Å². The Kier molecular flexibility index (Phi) is 3.82. The number of halogens is 1. The van der Waals surface area contributed by atoms with Crippen LogP contribution in [0.25, 0.3) is 22.0 Å². The standard InChI is InChI=1S/C14H12ClN3OS/c15-12-4-3-11(20-12)14-17-10(5-7-19)13(18-14)9-2-1-6-16-8-9/h1-4,6,8,19H,5,7H2,(H,17,18). The van der Waals surface area contributed by atoms with Crippen LogP contribution in [-0.4, -0.2) is 26.7 Å². The molecule has 20 heavy (non-hydrogen) atoms. The first-order valence-electron chi connectivity index (χ1n) is 6.14. The molecule has 0 fully saturated rings. The highest BCUT2D eigenvalue weighted by molar-refractivity contribution is 7.19. The summed E-state index contributed by atoms with van der Waals surface area (Å²) in [6.45, 7) is 0.0695. The second kappa shape index (κ2) is 5.75. The van der Waals surface area contributed by atoms with Gasteiger partial charge in [-0.3, -0.25) is 4.98 Å². The molecular weight excluding hydrogens is 294 g/mol. The first kappa shape index (κ1) is 13.3. The molecule has 0 aliphatic carbocycles. The molecule has 6 heteroatoms. The van der Waals surface area contributed by atoms with Crippen molar-refractivity contribution in [2.45, 2.75) is 6.42 Å². The van der Waals surface area contributed by atoms with Crippen molar-refractivity contribution in [2.75, 3.05) is 6.61 Å². The van der Waals surface area contributed by atoms with Gasteiger partial charge >= 0.3 is 0 Å². The number of hydrogen-bond donors (Lipinski definition) is 2. The van der Waals surface area contributed by atoms with Gasteiger partial charge in [0.05, 0.1) is 14.9 Å². The summed E-state index contributed by atoms with van der Waals surface area (Å²) in [5, 5.41) is 9.19. The summed E-state index contributed by atoms with van der Waals surface area (Å²) < 4.78 is 0.725. The van der Waals surface area contributed by atoms with Crippen molar-refractivity contribution in [2.24, 2.45) is 0 Å². The molecule has 0 bridgehead atoms. The Labute approximate surface area is 125 Å². The third-order valence-corrected chi connectivity index (χ3v) is 4.12. The Morgan fingerprint density at radius 2 is 2.20 bits per heavy atom. The van der Waals surface area contributed by atoms with Crippen LogP contribution in [0.15, 0.2) is 36.7 Å². The number of pyridine rings is 1. The molecule has 4 nitrogen and oxygen atoms in total. The number of thiophene rings is 1. The zero-order chi connectivity index (χ0) is 13.9. The fourth-order valence-corrected chi connectivity index (χ4v) is 2.99. The van der Waals surface area contributed by atoms with Crippen LogP contribution in [0.3, 0.4) is 0 Å². The van der Waals surface area contributed by atoms with E-state index in [1.165, 1.54) is 11.3 Å². The lowest BCUT2D eigenvalue weighted by molar-refractivity contribution is 0.298. The monoisotopic (exact) mass is 305 g/mol. The van der Waals surface area contributed by atoms with Gasteiger partial charge in [-0.1, -0.05) is 11.6 Å². The maximum atomic E-state index is 9.19. The Morgan fingerprint density at radius 1 is 1.30 bits per heavy atom. The molecular formula is C14H12ClN3OS. The average Bonchev–Trinajstić information content (AvgIpc) is 3.07. The lowest BCUT2D eigenvalue weighted by Crippen LogP contribution is -1.93. The molecule has 2 N–H and O–H groups in total. The average molecular weight is 306 g/mol. The summed E-state index contributed by atoms with van der Waals surface area (Å²) in [6, 6.07) is 7.60. The van der Waals surface area contributed by atoms with Gasteiger partial charge in [-0.2, -0.15) is 0 Å². The van der Waals surface area contributed by atoms with E-state index in [0.29, 0.717) is 6.42 Å². The van der Waals surface area contributed by atoms with E-state index in [9.17, 15) is 5.11 Å². The fraction of sp³-hybridized carbons (Fsp3) is 0.143. The fourth-order valence-electron chi connectivity index (χ4n) is 2.00. The summed E-state index contributed by atoms with van der Waals surface area (Å²) in [5.41, 5.74) is 2.66. The van der Waals surface area contributed by atoms with Gasteiger partial charge in [0.15, 0.2) is 0 Å². The molecule has 3 aromatic heterocycles. The minimum Gasteiger partial charge on any atom is -0.396 e. The molecule has 0 radical (unpaired) electrons. The number of nitrogens with one attached hydrogen (secondary N) is 1. The first-order chi connectivity index (χ1) is 9.78. The number of rotatable bonds is 4. The van der Waals surface area contributed by atoms with E-state index in [1.807, 2.05) is 24.3 Å². The molecule has 0 saturated heterocycles. The van der Waals surface area contributed by atoms with Gasteiger partial charge in [0, 0.05) is 36.7 Å². The highest BCUT2D eigenvalue weighted by Gasteiger charge is 2.14. The van der Waals surface area contributed by atoms with E-state index in [1.54, 1.807) is 12.4 Å². The smallest absolute Gasteiger partial charge is 0.148 e. The molecule has 3 aromatic rings. The maximum absolute atomic E-state index is 9.19. The van der Waals surface area contributed by atoms with E-state index < -0.39 is 0 Å². The molecule has 0 saturated carbocycles. The lowest BCUT2D eigenvalue weighted by Gasteiger charge is -1.99. The van der Waals surface area contributed by atoms with E-state index >= 15 is 0 Å². The predicted molar refractivity (Wildman–Crippen MR) is 80.9 cm³/mol. The molecule has 0 amide bonds. The molecule has 102 valence electrons. The molecule has 0 aromatic carbocycles. The van der Waals surface area contributed by atoms with Crippen molar-refractivity contribution in [1.82, 2.24) is 15.0 Å². The minimum absolute atomic E-state index is 0.0695. The zero-order valence-corrected chi connectivity index (χ0v) is 12.1. The van der Waals surface area contributed by atoms with Crippen LogP contribution < -0.4 is 0 Å². The molecule has 3 heterocycles. The normalized spacial score (nSPS) is 10.9. The van der Waals surface area contributed by atoms with Gasteiger partial charge in [0.1, 0.15) is 5.82 Å². The SMILES string of the molecule is OCCc1[nH]c(-c2ccc(Cl)s2)nc1-c1cccnc1. The van der Waals surface area contributed by atoms with Gasteiger partial charge in [-0.05, 0) is 24.3 Å². The van der Waals surface area contributed by atoms with Crippen molar-refractivity contribution in [3.05, 3.63) is 46.7 Å². The molecule has 0 atom stereocenters. The van der Waals surface area contributed by atoms with E-state index in [0.717, 1.165) is 32.0 Å². The number of aliphatic hydroxyl groups excluding tert-OH is 1. The maximum Gasteiger partial charge on any atom is 0.148 e. The third-order valence-electron chi connectivity index (χ3n) is 2.88. The van der Waals surface area contributed by atoms with Crippen LogP contribution in [-0.2, 0) is 6.42 Å². The van der Waals surface area contributed by atoms with Crippen LogP contribution in [0, 0.1) is 0 Å². The first-order valence-corrected chi connectivity index (χ1v) is 7.33. The van der Waals surface area contributed by atoms with Crippen molar-refractivity contribution in [1.29, 1.82) is 0 Å². The third kappa shape index (κ3) is 2.60. The largest absolute Gasteiger partial charge is 0.396 e. The summed E-state index contributed by atoms with van der Waals surface area (Å²) in [4.78, 5) is 13.0. The number of hydrogen-bond acceptors (Lipinski definition) is 4. The number of nitrogens with zero attached hydrogens (tertiary/aromatic N) is 2. The van der Waals surface area contributed by atoms with Gasteiger partial charge in [0.2, 0.25) is 0 Å². The summed E-state index contributed by atoms with van der Waals surface area (Å²) in [6.07, 6.45) is 4.01. The van der Waals surface area contributed by atoms with E-state index in [-0.39, 0.29) is 6.61 Å². The molecule has 0 aliphatic rings. The Bertz CT molecular complexity index is 708. The predicted octanol–water partition coefficient (Wildman–Crippen LogP) is 3.39. The van der Waals surface area contributed by atoms with Crippen molar-refractivity contribution < 1.29 is 5.11 Å².